The van der Waals surface area contributed by atoms with Crippen molar-refractivity contribution in [1.82, 2.24) is 4.98 Å². The minimum absolute atomic E-state index is 0.119. The lowest BCUT2D eigenvalue weighted by Gasteiger charge is -2.33. The Labute approximate surface area is 154 Å². The van der Waals surface area contributed by atoms with Crippen LogP contribution in [-0.2, 0) is 6.54 Å². The predicted octanol–water partition coefficient (Wildman–Crippen LogP) is 2.34. The van der Waals surface area contributed by atoms with Crippen LogP contribution < -0.4 is 9.80 Å². The lowest BCUT2D eigenvalue weighted by atomic mass is 10.1. The zero-order valence-corrected chi connectivity index (χ0v) is 15.1. The van der Waals surface area contributed by atoms with Gasteiger partial charge >= 0.3 is 0 Å². The maximum absolute atomic E-state index is 11.4. The summed E-state index contributed by atoms with van der Waals surface area (Å²) >= 11 is 0. The molecule has 4 rings (SSSR count). The van der Waals surface area contributed by atoms with E-state index in [1.807, 2.05) is 18.2 Å². The average molecular weight is 346 g/mol. The molecule has 0 amide bonds. The maximum atomic E-state index is 11.4. The monoisotopic (exact) mass is 346 g/mol. The van der Waals surface area contributed by atoms with Crippen LogP contribution in [0.15, 0.2) is 60.7 Å². The Morgan fingerprint density at radius 3 is 2.46 bits per heavy atom. The minimum atomic E-state index is 0.119. The van der Waals surface area contributed by atoms with Crippen molar-refractivity contribution >= 4 is 22.4 Å². The number of nitrogens with zero attached hydrogens (tertiary/aromatic N) is 2. The summed E-state index contributed by atoms with van der Waals surface area (Å²) in [7, 11) is 0. The molecule has 132 valence electrons. The second-order valence-electron chi connectivity index (χ2n) is 7.01. The number of quaternary nitrogens is 1. The fraction of sp³-hybridized carbons (Fsp3) is 0.273. The van der Waals surface area contributed by atoms with E-state index in [-0.39, 0.29) is 5.78 Å². The largest absolute Gasteiger partial charge is 0.360 e. The number of Topliss-reactive ketones (excluding diaryl/α,β-unsaturated/α-hetero) is 1. The molecule has 0 atom stereocenters. The van der Waals surface area contributed by atoms with Crippen LogP contribution in [0.4, 0.5) is 5.69 Å². The number of hydrogen-bond acceptors (Lipinski definition) is 3. The highest BCUT2D eigenvalue weighted by Gasteiger charge is 2.21. The van der Waals surface area contributed by atoms with Crippen molar-refractivity contribution in [2.45, 2.75) is 13.5 Å². The van der Waals surface area contributed by atoms with Crippen molar-refractivity contribution in [3.8, 4) is 0 Å². The van der Waals surface area contributed by atoms with Gasteiger partial charge in [-0.2, -0.15) is 0 Å². The third kappa shape index (κ3) is 3.60. The van der Waals surface area contributed by atoms with Crippen molar-refractivity contribution in [3.63, 3.8) is 0 Å². The van der Waals surface area contributed by atoms with Gasteiger partial charge in [-0.15, -0.1) is 0 Å². The molecule has 1 aliphatic heterocycles. The number of piperazine rings is 1. The number of pyridine rings is 1. The Morgan fingerprint density at radius 2 is 1.73 bits per heavy atom. The molecule has 1 saturated heterocycles. The highest BCUT2D eigenvalue weighted by Crippen LogP contribution is 2.16. The molecule has 2 heterocycles. The number of para-hydroxylation sites is 1. The third-order valence-corrected chi connectivity index (χ3v) is 5.20. The number of aromatic nitrogens is 1. The molecule has 0 bridgehead atoms. The average Bonchev–Trinajstić information content (AvgIpc) is 2.68. The fourth-order valence-corrected chi connectivity index (χ4v) is 3.63. The summed E-state index contributed by atoms with van der Waals surface area (Å²) in [6, 6.07) is 20.6. The second-order valence-corrected chi connectivity index (χ2v) is 7.01. The predicted molar refractivity (Wildman–Crippen MR) is 105 cm³/mol. The summed E-state index contributed by atoms with van der Waals surface area (Å²) in [6.07, 6.45) is 0. The van der Waals surface area contributed by atoms with Crippen LogP contribution in [-0.4, -0.2) is 36.9 Å². The molecule has 0 saturated carbocycles. The zero-order valence-electron chi connectivity index (χ0n) is 15.1. The molecule has 26 heavy (non-hydrogen) atoms. The van der Waals surface area contributed by atoms with Crippen LogP contribution >= 0.6 is 0 Å². The highest BCUT2D eigenvalue weighted by atomic mass is 16.1. The number of nitrogens with one attached hydrogen (secondary N) is 1. The Balaban J connectivity index is 1.37. The molecule has 0 unspecified atom stereocenters. The smallest absolute Gasteiger partial charge is 0.159 e. The molecule has 1 aliphatic rings. The number of ketones is 1. The number of rotatable bonds is 4. The van der Waals surface area contributed by atoms with Crippen LogP contribution in [0.3, 0.4) is 0 Å². The molecule has 4 nitrogen and oxygen atoms in total. The molecular formula is C22H24N3O+. The molecule has 1 fully saturated rings. The molecule has 2 aromatic carbocycles. The van der Waals surface area contributed by atoms with Gasteiger partial charge in [0.1, 0.15) is 6.54 Å². The van der Waals surface area contributed by atoms with Gasteiger partial charge in [0.15, 0.2) is 5.78 Å². The molecule has 4 heteroatoms. The molecule has 0 spiro atoms. The van der Waals surface area contributed by atoms with Crippen LogP contribution in [0.25, 0.3) is 10.9 Å². The van der Waals surface area contributed by atoms with E-state index in [1.165, 1.54) is 11.1 Å². The number of anilines is 1. The summed E-state index contributed by atoms with van der Waals surface area (Å²) in [5.74, 6) is 0.119. The number of carbonyl (C=O) groups is 1. The molecule has 1 aromatic heterocycles. The van der Waals surface area contributed by atoms with Gasteiger partial charge in [0.05, 0.1) is 37.4 Å². The first-order valence-corrected chi connectivity index (χ1v) is 9.23. The van der Waals surface area contributed by atoms with Gasteiger partial charge in [-0.25, -0.2) is 4.98 Å². The Hall–Kier alpha value is -2.72. The Kier molecular flexibility index (Phi) is 4.67. The highest BCUT2D eigenvalue weighted by molar-refractivity contribution is 5.94. The van der Waals surface area contributed by atoms with Crippen LogP contribution in [0, 0.1) is 0 Å². The first kappa shape index (κ1) is 16.7. The fourth-order valence-electron chi connectivity index (χ4n) is 3.63. The lowest BCUT2D eigenvalue weighted by molar-refractivity contribution is -0.914. The topological polar surface area (TPSA) is 37.6 Å². The molecule has 3 aromatic rings. The van der Waals surface area contributed by atoms with E-state index in [0.29, 0.717) is 0 Å². The van der Waals surface area contributed by atoms with Gasteiger partial charge in [-0.05, 0) is 43.3 Å². The van der Waals surface area contributed by atoms with Crippen molar-refractivity contribution in [2.75, 3.05) is 31.1 Å². The standard InChI is InChI=1S/C22H23N3O/c1-17(26)18-7-10-21(11-8-18)25-14-12-24(13-15-25)16-20-9-6-19-4-2-3-5-22(19)23-20/h2-11H,12-16H2,1H3/p+1. The van der Waals surface area contributed by atoms with Gasteiger partial charge in [-0.1, -0.05) is 24.3 Å². The van der Waals surface area contributed by atoms with Crippen LogP contribution in [0.1, 0.15) is 23.0 Å². The minimum Gasteiger partial charge on any atom is -0.360 e. The van der Waals surface area contributed by atoms with Gasteiger partial charge in [0, 0.05) is 16.6 Å². The van der Waals surface area contributed by atoms with Crippen LogP contribution in [0.2, 0.25) is 0 Å². The molecular weight excluding hydrogens is 322 g/mol. The number of benzene rings is 2. The van der Waals surface area contributed by atoms with Gasteiger partial charge in [-0.3, -0.25) is 4.79 Å². The number of hydrogen-bond donors (Lipinski definition) is 1. The quantitative estimate of drug-likeness (QED) is 0.737. The normalized spacial score (nSPS) is 15.3. The summed E-state index contributed by atoms with van der Waals surface area (Å²) < 4.78 is 0. The van der Waals surface area contributed by atoms with E-state index in [0.717, 1.165) is 49.5 Å². The number of fused-ring (bicyclic) bond motifs is 1. The van der Waals surface area contributed by atoms with Crippen molar-refractivity contribution in [3.05, 3.63) is 71.9 Å². The maximum Gasteiger partial charge on any atom is 0.159 e. The summed E-state index contributed by atoms with van der Waals surface area (Å²) in [4.78, 5) is 20.2. The summed E-state index contributed by atoms with van der Waals surface area (Å²) in [5.41, 5.74) is 4.23. The molecule has 0 radical (unpaired) electrons. The first-order chi connectivity index (χ1) is 12.7. The number of carbonyl (C=O) groups excluding carboxylic acids is 1. The Morgan fingerprint density at radius 1 is 1.00 bits per heavy atom. The summed E-state index contributed by atoms with van der Waals surface area (Å²) in [6.45, 7) is 6.84. The SMILES string of the molecule is CC(=O)c1ccc(N2CC[NH+](Cc3ccc4ccccc4n3)CC2)cc1. The van der Waals surface area contributed by atoms with E-state index in [1.54, 1.807) is 11.8 Å². The van der Waals surface area contributed by atoms with Gasteiger partial charge in [0.25, 0.3) is 0 Å². The summed E-state index contributed by atoms with van der Waals surface area (Å²) in [5, 5.41) is 1.20. The Bertz CT molecular complexity index is 912. The van der Waals surface area contributed by atoms with Gasteiger partial charge in [0.2, 0.25) is 0 Å². The van der Waals surface area contributed by atoms with E-state index in [2.05, 4.69) is 47.4 Å². The molecule has 1 N–H and O–H groups in total. The first-order valence-electron chi connectivity index (χ1n) is 9.23. The van der Waals surface area contributed by atoms with E-state index in [4.69, 9.17) is 4.98 Å². The van der Waals surface area contributed by atoms with Crippen molar-refractivity contribution < 1.29 is 9.69 Å². The second kappa shape index (κ2) is 7.26. The molecule has 0 aliphatic carbocycles. The van der Waals surface area contributed by atoms with E-state index < -0.39 is 0 Å². The van der Waals surface area contributed by atoms with E-state index in [9.17, 15) is 4.79 Å². The zero-order chi connectivity index (χ0) is 17.9. The van der Waals surface area contributed by atoms with Crippen LogP contribution in [0.5, 0.6) is 0 Å². The van der Waals surface area contributed by atoms with Crippen molar-refractivity contribution in [2.24, 2.45) is 0 Å². The lowest BCUT2D eigenvalue weighted by Crippen LogP contribution is -3.13. The van der Waals surface area contributed by atoms with Gasteiger partial charge < -0.3 is 9.80 Å². The van der Waals surface area contributed by atoms with E-state index >= 15 is 0 Å². The van der Waals surface area contributed by atoms with Crippen molar-refractivity contribution in [1.29, 1.82) is 0 Å². The third-order valence-electron chi connectivity index (χ3n) is 5.20.